The van der Waals surface area contributed by atoms with Crippen LogP contribution in [0.3, 0.4) is 0 Å². The molecule has 2 aromatic carbocycles. The summed E-state index contributed by atoms with van der Waals surface area (Å²) in [5, 5.41) is 0. The van der Waals surface area contributed by atoms with E-state index in [1.165, 1.54) is 5.56 Å². The summed E-state index contributed by atoms with van der Waals surface area (Å²) >= 11 is 3.38. The Balaban J connectivity index is 1.97. The highest BCUT2D eigenvalue weighted by Crippen LogP contribution is 2.30. The fraction of sp³-hybridized carbons (Fsp3) is 0.188. The number of halogens is 1. The summed E-state index contributed by atoms with van der Waals surface area (Å²) in [6, 6.07) is 13.3. The van der Waals surface area contributed by atoms with Crippen LogP contribution in [0.25, 0.3) is 0 Å². The molecule has 0 saturated heterocycles. The Morgan fingerprint density at radius 1 is 1.15 bits per heavy atom. The first-order valence-electron chi connectivity index (χ1n) is 6.61. The molecule has 0 unspecified atom stereocenters. The minimum absolute atomic E-state index is 0.0315. The largest absolute Gasteiger partial charge is 0.399 e. The third-order valence-corrected chi connectivity index (χ3v) is 4.09. The van der Waals surface area contributed by atoms with Gasteiger partial charge in [0.15, 0.2) is 0 Å². The number of hydrogen-bond donors (Lipinski definition) is 1. The van der Waals surface area contributed by atoms with E-state index in [4.69, 9.17) is 5.73 Å². The predicted octanol–water partition coefficient (Wildman–Crippen LogP) is 3.62. The second-order valence-corrected chi connectivity index (χ2v) is 5.87. The molecule has 1 amide bonds. The maximum atomic E-state index is 12.7. The molecule has 2 aromatic rings. The van der Waals surface area contributed by atoms with Gasteiger partial charge >= 0.3 is 0 Å². The van der Waals surface area contributed by atoms with Gasteiger partial charge in [0, 0.05) is 28.0 Å². The molecule has 1 heterocycles. The molecule has 4 heteroatoms. The lowest BCUT2D eigenvalue weighted by Crippen LogP contribution is -2.35. The molecular formula is C16H15BrN2O. The van der Waals surface area contributed by atoms with Crippen LogP contribution in [0.1, 0.15) is 22.3 Å². The van der Waals surface area contributed by atoms with E-state index in [9.17, 15) is 4.79 Å². The van der Waals surface area contributed by atoms with Crippen LogP contribution < -0.4 is 10.6 Å². The predicted molar refractivity (Wildman–Crippen MR) is 85.0 cm³/mol. The van der Waals surface area contributed by atoms with E-state index in [0.717, 1.165) is 29.5 Å². The number of nitrogens with zero attached hydrogens (tertiary/aromatic N) is 1. The van der Waals surface area contributed by atoms with Gasteiger partial charge in [-0.3, -0.25) is 4.79 Å². The lowest BCUT2D eigenvalue weighted by atomic mass is 10.00. The summed E-state index contributed by atoms with van der Waals surface area (Å²) in [5.74, 6) is 0.0315. The quantitative estimate of drug-likeness (QED) is 0.811. The zero-order chi connectivity index (χ0) is 14.1. The molecule has 0 fully saturated rings. The number of amides is 1. The van der Waals surface area contributed by atoms with Crippen LogP contribution in [0.5, 0.6) is 0 Å². The van der Waals surface area contributed by atoms with Crippen molar-refractivity contribution < 1.29 is 4.79 Å². The van der Waals surface area contributed by atoms with Crippen molar-refractivity contribution >= 4 is 33.2 Å². The van der Waals surface area contributed by atoms with Gasteiger partial charge in [0.1, 0.15) is 0 Å². The molecule has 0 bridgehead atoms. The maximum Gasteiger partial charge on any atom is 0.258 e. The van der Waals surface area contributed by atoms with Crippen molar-refractivity contribution in [3.05, 3.63) is 58.1 Å². The molecule has 102 valence electrons. The highest BCUT2D eigenvalue weighted by atomic mass is 79.9. The van der Waals surface area contributed by atoms with Gasteiger partial charge in [0.2, 0.25) is 0 Å². The Kier molecular flexibility index (Phi) is 3.49. The fourth-order valence-corrected chi connectivity index (χ4v) is 2.82. The molecule has 3 rings (SSSR count). The molecule has 0 aromatic heterocycles. The highest BCUT2D eigenvalue weighted by molar-refractivity contribution is 9.10. The Morgan fingerprint density at radius 3 is 2.65 bits per heavy atom. The second-order valence-electron chi connectivity index (χ2n) is 4.96. The van der Waals surface area contributed by atoms with Crippen molar-refractivity contribution in [3.63, 3.8) is 0 Å². The van der Waals surface area contributed by atoms with Gasteiger partial charge < -0.3 is 10.6 Å². The van der Waals surface area contributed by atoms with Gasteiger partial charge in [-0.15, -0.1) is 0 Å². The van der Waals surface area contributed by atoms with Crippen LogP contribution in [-0.4, -0.2) is 12.5 Å². The summed E-state index contributed by atoms with van der Waals surface area (Å²) < 4.78 is 0.970. The van der Waals surface area contributed by atoms with Crippen LogP contribution in [0.4, 0.5) is 11.4 Å². The Bertz CT molecular complexity index is 652. The van der Waals surface area contributed by atoms with E-state index >= 15 is 0 Å². The average Bonchev–Trinajstić information content (AvgIpc) is 2.46. The van der Waals surface area contributed by atoms with Crippen LogP contribution in [0.15, 0.2) is 46.9 Å². The Hall–Kier alpha value is -1.81. The minimum atomic E-state index is 0.0315. The fourth-order valence-electron chi connectivity index (χ4n) is 2.55. The number of aryl methyl sites for hydroxylation is 1. The van der Waals surface area contributed by atoms with E-state index < -0.39 is 0 Å². The number of benzene rings is 2. The summed E-state index contributed by atoms with van der Waals surface area (Å²) in [7, 11) is 0. The van der Waals surface area contributed by atoms with Crippen LogP contribution in [0.2, 0.25) is 0 Å². The maximum absolute atomic E-state index is 12.7. The number of hydrogen-bond acceptors (Lipinski definition) is 2. The van der Waals surface area contributed by atoms with Crippen molar-refractivity contribution in [2.24, 2.45) is 0 Å². The van der Waals surface area contributed by atoms with Gasteiger partial charge in [-0.05, 0) is 54.8 Å². The molecule has 0 saturated carbocycles. The van der Waals surface area contributed by atoms with Gasteiger partial charge in [-0.1, -0.05) is 22.0 Å². The normalized spacial score (nSPS) is 13.9. The van der Waals surface area contributed by atoms with Gasteiger partial charge in [0.05, 0.1) is 0 Å². The monoisotopic (exact) mass is 330 g/mol. The molecule has 3 nitrogen and oxygen atoms in total. The van der Waals surface area contributed by atoms with Gasteiger partial charge in [-0.2, -0.15) is 0 Å². The molecule has 0 spiro atoms. The Labute approximate surface area is 126 Å². The van der Waals surface area contributed by atoms with E-state index in [2.05, 4.69) is 15.9 Å². The molecule has 0 radical (unpaired) electrons. The van der Waals surface area contributed by atoms with E-state index in [0.29, 0.717) is 11.3 Å². The number of anilines is 2. The van der Waals surface area contributed by atoms with Crippen LogP contribution >= 0.6 is 15.9 Å². The minimum Gasteiger partial charge on any atom is -0.399 e. The lowest BCUT2D eigenvalue weighted by Gasteiger charge is -2.29. The lowest BCUT2D eigenvalue weighted by molar-refractivity contribution is 0.0985. The topological polar surface area (TPSA) is 46.3 Å². The van der Waals surface area contributed by atoms with Crippen molar-refractivity contribution in [2.45, 2.75) is 12.8 Å². The SMILES string of the molecule is Nc1ccc2c(c1)N(C(=O)c1ccc(Br)cc1)CCC2. The zero-order valence-electron chi connectivity index (χ0n) is 11.0. The molecule has 0 aliphatic carbocycles. The number of carbonyl (C=O) groups is 1. The van der Waals surface area contributed by atoms with E-state index in [1.807, 2.05) is 47.4 Å². The molecule has 0 atom stereocenters. The van der Waals surface area contributed by atoms with Gasteiger partial charge in [-0.25, -0.2) is 0 Å². The number of rotatable bonds is 1. The first kappa shape index (κ1) is 13.2. The third-order valence-electron chi connectivity index (χ3n) is 3.56. The third kappa shape index (κ3) is 2.43. The van der Waals surface area contributed by atoms with E-state index in [1.54, 1.807) is 0 Å². The van der Waals surface area contributed by atoms with Crippen molar-refractivity contribution in [1.29, 1.82) is 0 Å². The average molecular weight is 331 g/mol. The standard InChI is InChI=1S/C16H15BrN2O/c17-13-6-3-12(4-7-13)16(20)19-9-1-2-11-5-8-14(18)10-15(11)19/h3-8,10H,1-2,9,18H2. The van der Waals surface area contributed by atoms with E-state index in [-0.39, 0.29) is 5.91 Å². The first-order chi connectivity index (χ1) is 9.65. The molecule has 1 aliphatic rings. The van der Waals surface area contributed by atoms with Crippen molar-refractivity contribution in [1.82, 2.24) is 0 Å². The number of nitrogen functional groups attached to an aromatic ring is 1. The molecule has 1 aliphatic heterocycles. The molecule has 2 N–H and O–H groups in total. The van der Waals surface area contributed by atoms with Crippen molar-refractivity contribution in [2.75, 3.05) is 17.2 Å². The molecule has 20 heavy (non-hydrogen) atoms. The first-order valence-corrected chi connectivity index (χ1v) is 7.40. The summed E-state index contributed by atoms with van der Waals surface area (Å²) in [6.07, 6.45) is 1.99. The number of fused-ring (bicyclic) bond motifs is 1. The van der Waals surface area contributed by atoms with Crippen LogP contribution in [-0.2, 0) is 6.42 Å². The van der Waals surface area contributed by atoms with Gasteiger partial charge in [0.25, 0.3) is 5.91 Å². The second kappa shape index (κ2) is 5.29. The zero-order valence-corrected chi connectivity index (χ0v) is 12.6. The Morgan fingerprint density at radius 2 is 1.90 bits per heavy atom. The summed E-state index contributed by atoms with van der Waals surface area (Å²) in [5.41, 5.74) is 9.39. The van der Waals surface area contributed by atoms with Crippen molar-refractivity contribution in [3.8, 4) is 0 Å². The van der Waals surface area contributed by atoms with Crippen LogP contribution in [0, 0.1) is 0 Å². The summed E-state index contributed by atoms with van der Waals surface area (Å²) in [4.78, 5) is 14.5. The highest BCUT2D eigenvalue weighted by Gasteiger charge is 2.23. The smallest absolute Gasteiger partial charge is 0.258 e. The number of carbonyl (C=O) groups excluding carboxylic acids is 1. The molecular weight excluding hydrogens is 316 g/mol. The number of nitrogens with two attached hydrogens (primary N) is 1. The summed E-state index contributed by atoms with van der Waals surface area (Å²) in [6.45, 7) is 0.741.